The number of para-hydroxylation sites is 2. The standard InChI is InChI=1S/C24H22N2O4S/c1-4-26-18-14-20(28-2)21(29-3)15-22(18)31-24(26)25-23(27)17-12-8-9-13-19(17)30-16-10-6-5-7-11-16/h5-15H,4H2,1-3H3. The van der Waals surface area contributed by atoms with E-state index in [1.807, 2.05) is 60.0 Å². The Morgan fingerprint density at radius 2 is 1.61 bits per heavy atom. The molecule has 0 bridgehead atoms. The van der Waals surface area contributed by atoms with Crippen molar-refractivity contribution in [3.8, 4) is 23.0 Å². The third-order valence-corrected chi connectivity index (χ3v) is 5.83. The molecular weight excluding hydrogens is 412 g/mol. The first-order valence-electron chi connectivity index (χ1n) is 9.81. The van der Waals surface area contributed by atoms with E-state index in [4.69, 9.17) is 14.2 Å². The zero-order valence-electron chi connectivity index (χ0n) is 17.5. The molecule has 4 rings (SSSR count). The molecule has 0 atom stereocenters. The van der Waals surface area contributed by atoms with Crippen LogP contribution in [-0.4, -0.2) is 24.7 Å². The van der Waals surface area contributed by atoms with Gasteiger partial charge in [-0.15, -0.1) is 0 Å². The molecule has 0 saturated carbocycles. The fourth-order valence-electron chi connectivity index (χ4n) is 3.28. The van der Waals surface area contributed by atoms with E-state index >= 15 is 0 Å². The highest BCUT2D eigenvalue weighted by molar-refractivity contribution is 7.16. The second-order valence-electron chi connectivity index (χ2n) is 6.63. The van der Waals surface area contributed by atoms with Crippen LogP contribution in [0.25, 0.3) is 10.2 Å². The van der Waals surface area contributed by atoms with Crippen molar-refractivity contribution in [1.29, 1.82) is 0 Å². The molecule has 0 N–H and O–H groups in total. The minimum absolute atomic E-state index is 0.362. The summed E-state index contributed by atoms with van der Waals surface area (Å²) >= 11 is 1.43. The van der Waals surface area contributed by atoms with Gasteiger partial charge in [0.1, 0.15) is 11.5 Å². The van der Waals surface area contributed by atoms with Gasteiger partial charge in [-0.2, -0.15) is 4.99 Å². The number of carbonyl (C=O) groups excluding carboxylic acids is 1. The Labute approximate surface area is 184 Å². The Morgan fingerprint density at radius 1 is 0.935 bits per heavy atom. The van der Waals surface area contributed by atoms with Crippen molar-refractivity contribution < 1.29 is 19.0 Å². The van der Waals surface area contributed by atoms with E-state index in [1.54, 1.807) is 32.4 Å². The highest BCUT2D eigenvalue weighted by atomic mass is 32.1. The summed E-state index contributed by atoms with van der Waals surface area (Å²) in [5, 5.41) is 0. The van der Waals surface area contributed by atoms with Gasteiger partial charge in [0, 0.05) is 18.7 Å². The van der Waals surface area contributed by atoms with Gasteiger partial charge in [0.25, 0.3) is 5.91 Å². The fourth-order valence-corrected chi connectivity index (χ4v) is 4.39. The number of hydrogen-bond acceptors (Lipinski definition) is 5. The summed E-state index contributed by atoms with van der Waals surface area (Å²) in [6, 6.07) is 20.3. The van der Waals surface area contributed by atoms with Gasteiger partial charge >= 0.3 is 0 Å². The molecule has 0 saturated heterocycles. The van der Waals surface area contributed by atoms with Crippen LogP contribution in [0.3, 0.4) is 0 Å². The largest absolute Gasteiger partial charge is 0.493 e. The summed E-state index contributed by atoms with van der Waals surface area (Å²) in [6.45, 7) is 2.67. The molecule has 3 aromatic carbocycles. The lowest BCUT2D eigenvalue weighted by molar-refractivity contribution is 0.0995. The summed E-state index contributed by atoms with van der Waals surface area (Å²) in [5.74, 6) is 2.04. The predicted octanol–water partition coefficient (Wildman–Crippen LogP) is 5.27. The highest BCUT2D eigenvalue weighted by Crippen LogP contribution is 2.33. The number of hydrogen-bond donors (Lipinski definition) is 0. The third kappa shape index (κ3) is 4.18. The summed E-state index contributed by atoms with van der Waals surface area (Å²) < 4.78 is 19.7. The lowest BCUT2D eigenvalue weighted by Crippen LogP contribution is -2.16. The quantitative estimate of drug-likeness (QED) is 0.415. The van der Waals surface area contributed by atoms with Gasteiger partial charge in [0.15, 0.2) is 16.3 Å². The maximum Gasteiger partial charge on any atom is 0.283 e. The van der Waals surface area contributed by atoms with Gasteiger partial charge in [0.2, 0.25) is 0 Å². The summed E-state index contributed by atoms with van der Waals surface area (Å²) in [7, 11) is 3.20. The molecule has 0 spiro atoms. The van der Waals surface area contributed by atoms with E-state index in [9.17, 15) is 4.79 Å². The van der Waals surface area contributed by atoms with E-state index < -0.39 is 0 Å². The van der Waals surface area contributed by atoms with E-state index in [0.29, 0.717) is 39.9 Å². The van der Waals surface area contributed by atoms with E-state index in [1.165, 1.54) is 11.3 Å². The monoisotopic (exact) mass is 434 g/mol. The van der Waals surface area contributed by atoms with Crippen LogP contribution in [0.4, 0.5) is 0 Å². The molecule has 7 heteroatoms. The number of thiazole rings is 1. The molecule has 1 heterocycles. The van der Waals surface area contributed by atoms with Crippen LogP contribution in [0.5, 0.6) is 23.0 Å². The summed E-state index contributed by atoms with van der Waals surface area (Å²) in [6.07, 6.45) is 0. The van der Waals surface area contributed by atoms with E-state index in [0.717, 1.165) is 10.2 Å². The van der Waals surface area contributed by atoms with Crippen molar-refractivity contribution in [2.24, 2.45) is 4.99 Å². The Hall–Kier alpha value is -3.58. The van der Waals surface area contributed by atoms with Crippen LogP contribution in [0, 0.1) is 0 Å². The van der Waals surface area contributed by atoms with Gasteiger partial charge in [-0.05, 0) is 31.2 Å². The van der Waals surface area contributed by atoms with Crippen LogP contribution in [-0.2, 0) is 6.54 Å². The second kappa shape index (κ2) is 9.06. The third-order valence-electron chi connectivity index (χ3n) is 4.79. The molecule has 1 aromatic heterocycles. The number of ether oxygens (including phenoxy) is 3. The van der Waals surface area contributed by atoms with E-state index in [-0.39, 0.29) is 5.91 Å². The molecule has 158 valence electrons. The first kappa shape index (κ1) is 20.7. The minimum Gasteiger partial charge on any atom is -0.493 e. The molecule has 6 nitrogen and oxygen atoms in total. The molecule has 31 heavy (non-hydrogen) atoms. The number of carbonyl (C=O) groups is 1. The zero-order valence-corrected chi connectivity index (χ0v) is 18.3. The number of rotatable bonds is 6. The molecule has 0 aliphatic carbocycles. The minimum atomic E-state index is -0.362. The molecule has 1 amide bonds. The van der Waals surface area contributed by atoms with E-state index in [2.05, 4.69) is 4.99 Å². The van der Waals surface area contributed by atoms with Crippen LogP contribution >= 0.6 is 11.3 Å². The van der Waals surface area contributed by atoms with Crippen molar-refractivity contribution >= 4 is 27.5 Å². The number of amides is 1. The average molecular weight is 435 g/mol. The summed E-state index contributed by atoms with van der Waals surface area (Å²) in [5.41, 5.74) is 1.34. The number of aromatic nitrogens is 1. The normalized spacial score (nSPS) is 11.5. The van der Waals surface area contributed by atoms with Gasteiger partial charge in [0.05, 0.1) is 30.0 Å². The molecule has 0 aliphatic rings. The van der Waals surface area contributed by atoms with Crippen LogP contribution in [0.15, 0.2) is 71.7 Å². The lowest BCUT2D eigenvalue weighted by Gasteiger charge is -2.09. The topological polar surface area (TPSA) is 62.1 Å². The van der Waals surface area contributed by atoms with Gasteiger partial charge in [-0.3, -0.25) is 4.79 Å². The van der Waals surface area contributed by atoms with Crippen LogP contribution in [0.2, 0.25) is 0 Å². The number of nitrogens with zero attached hydrogens (tertiary/aromatic N) is 2. The molecular formula is C24H22N2O4S. The molecule has 0 unspecified atom stereocenters. The average Bonchev–Trinajstić information content (AvgIpc) is 3.14. The number of aryl methyl sites for hydroxylation is 1. The molecule has 4 aromatic rings. The Morgan fingerprint density at radius 3 is 2.32 bits per heavy atom. The van der Waals surface area contributed by atoms with Crippen molar-refractivity contribution in [2.75, 3.05) is 14.2 Å². The van der Waals surface area contributed by atoms with Gasteiger partial charge in [-0.1, -0.05) is 41.7 Å². The van der Waals surface area contributed by atoms with Crippen molar-refractivity contribution in [3.63, 3.8) is 0 Å². The highest BCUT2D eigenvalue weighted by Gasteiger charge is 2.15. The lowest BCUT2D eigenvalue weighted by atomic mass is 10.2. The van der Waals surface area contributed by atoms with Crippen molar-refractivity contribution in [2.45, 2.75) is 13.5 Å². The molecule has 0 fully saturated rings. The smallest absolute Gasteiger partial charge is 0.283 e. The van der Waals surface area contributed by atoms with Crippen LogP contribution < -0.4 is 19.0 Å². The summed E-state index contributed by atoms with van der Waals surface area (Å²) in [4.78, 5) is 18.1. The SMILES string of the molecule is CCn1c(=NC(=O)c2ccccc2Oc2ccccc2)sc2cc(OC)c(OC)cc21. The number of methoxy groups -OCH3 is 2. The van der Waals surface area contributed by atoms with Crippen LogP contribution in [0.1, 0.15) is 17.3 Å². The number of fused-ring (bicyclic) bond motifs is 1. The maximum absolute atomic E-state index is 13.1. The van der Waals surface area contributed by atoms with Gasteiger partial charge in [-0.25, -0.2) is 0 Å². The van der Waals surface area contributed by atoms with Crippen molar-refractivity contribution in [3.05, 3.63) is 77.1 Å². The van der Waals surface area contributed by atoms with Crippen molar-refractivity contribution in [1.82, 2.24) is 4.57 Å². The fraction of sp³-hybridized carbons (Fsp3) is 0.167. The number of benzene rings is 3. The second-order valence-corrected chi connectivity index (χ2v) is 7.64. The predicted molar refractivity (Wildman–Crippen MR) is 121 cm³/mol. The maximum atomic E-state index is 13.1. The first-order valence-corrected chi connectivity index (χ1v) is 10.6. The molecule has 0 aliphatic heterocycles. The van der Waals surface area contributed by atoms with Gasteiger partial charge < -0.3 is 18.8 Å². The molecule has 0 radical (unpaired) electrons. The first-order chi connectivity index (χ1) is 15.1. The Bertz CT molecular complexity index is 1290. The Balaban J connectivity index is 1.78. The zero-order chi connectivity index (χ0) is 21.8. The Kier molecular flexibility index (Phi) is 6.04.